The van der Waals surface area contributed by atoms with E-state index >= 15 is 0 Å². The minimum atomic E-state index is -0.254. The minimum absolute atomic E-state index is 0.0582. The Morgan fingerprint density at radius 1 is 0.865 bits per heavy atom. The fourth-order valence-electron chi connectivity index (χ4n) is 4.82. The highest BCUT2D eigenvalue weighted by Gasteiger charge is 2.38. The number of allylic oxidation sites excluding steroid dienone is 5. The van der Waals surface area contributed by atoms with Crippen molar-refractivity contribution in [2.75, 3.05) is 0 Å². The molecule has 1 aromatic heterocycles. The number of hydrogen-bond donors (Lipinski definition) is 1. The summed E-state index contributed by atoms with van der Waals surface area (Å²) in [5.41, 5.74) is 3.18. The van der Waals surface area contributed by atoms with Gasteiger partial charge in [0, 0.05) is 15.7 Å². The van der Waals surface area contributed by atoms with Gasteiger partial charge in [0.15, 0.2) is 5.78 Å². The van der Waals surface area contributed by atoms with Gasteiger partial charge in [-0.1, -0.05) is 102 Å². The van der Waals surface area contributed by atoms with Crippen molar-refractivity contribution in [3.05, 3.63) is 128 Å². The summed E-state index contributed by atoms with van der Waals surface area (Å²) < 4.78 is 0.511. The highest BCUT2D eigenvalue weighted by atomic mass is 32.2. The zero-order valence-electron chi connectivity index (χ0n) is 19.5. The number of Topliss-reactive ketones (excluding diaryl/α,β-unsaturated/α-hetero) is 1. The Balaban J connectivity index is 1.25. The SMILES string of the molecule is O=C1SC2C(=CCc3ccccc32)C(=O)C1=CC=CC=Cc1c(O)c2ccc3ccccc3c2sc1=O. The van der Waals surface area contributed by atoms with E-state index < -0.39 is 0 Å². The summed E-state index contributed by atoms with van der Waals surface area (Å²) in [6.07, 6.45) is 10.5. The summed E-state index contributed by atoms with van der Waals surface area (Å²) in [6.45, 7) is 0. The smallest absolute Gasteiger partial charge is 0.243 e. The first-order valence-corrected chi connectivity index (χ1v) is 13.5. The largest absolute Gasteiger partial charge is 0.506 e. The topological polar surface area (TPSA) is 71.4 Å². The summed E-state index contributed by atoms with van der Waals surface area (Å²) in [4.78, 5) is 38.6. The molecule has 4 aromatic rings. The van der Waals surface area contributed by atoms with E-state index in [1.165, 1.54) is 17.8 Å². The van der Waals surface area contributed by atoms with Crippen LogP contribution in [0.15, 0.2) is 107 Å². The monoisotopic (exact) mass is 520 g/mol. The zero-order valence-corrected chi connectivity index (χ0v) is 21.1. The van der Waals surface area contributed by atoms with Gasteiger partial charge in [-0.2, -0.15) is 0 Å². The molecule has 6 rings (SSSR count). The molecule has 3 aromatic carbocycles. The molecule has 0 spiro atoms. The zero-order chi connectivity index (χ0) is 25.5. The molecule has 6 heteroatoms. The molecular formula is C31H20O4S2. The van der Waals surface area contributed by atoms with Crippen LogP contribution < -0.4 is 4.74 Å². The maximum absolute atomic E-state index is 13.1. The van der Waals surface area contributed by atoms with Crippen LogP contribution in [-0.2, 0) is 16.0 Å². The third-order valence-electron chi connectivity index (χ3n) is 6.67. The van der Waals surface area contributed by atoms with Crippen LogP contribution in [0.2, 0.25) is 0 Å². The van der Waals surface area contributed by atoms with E-state index in [-0.39, 0.29) is 37.8 Å². The molecule has 1 aliphatic carbocycles. The van der Waals surface area contributed by atoms with Gasteiger partial charge in [-0.05, 0) is 46.5 Å². The molecule has 1 aliphatic heterocycles. The van der Waals surface area contributed by atoms with Crippen molar-refractivity contribution < 1.29 is 14.7 Å². The van der Waals surface area contributed by atoms with Gasteiger partial charge in [-0.25, -0.2) is 0 Å². The van der Waals surface area contributed by atoms with Gasteiger partial charge >= 0.3 is 0 Å². The lowest BCUT2D eigenvalue weighted by molar-refractivity contribution is -0.116. The van der Waals surface area contributed by atoms with Crippen LogP contribution in [0.3, 0.4) is 0 Å². The lowest BCUT2D eigenvalue weighted by atomic mass is 9.87. The molecule has 1 unspecified atom stereocenters. The maximum atomic E-state index is 13.1. The lowest BCUT2D eigenvalue weighted by Gasteiger charge is -2.29. The van der Waals surface area contributed by atoms with Gasteiger partial charge < -0.3 is 5.11 Å². The van der Waals surface area contributed by atoms with E-state index in [2.05, 4.69) is 0 Å². The molecule has 180 valence electrons. The first-order valence-electron chi connectivity index (χ1n) is 11.8. The number of thioether (sulfide) groups is 1. The third kappa shape index (κ3) is 4.08. The molecule has 4 nitrogen and oxygen atoms in total. The third-order valence-corrected chi connectivity index (χ3v) is 8.89. The summed E-state index contributed by atoms with van der Waals surface area (Å²) in [5, 5.41) is 12.9. The highest BCUT2D eigenvalue weighted by Crippen LogP contribution is 2.47. The molecule has 1 N–H and O–H groups in total. The van der Waals surface area contributed by atoms with Crippen LogP contribution in [0, 0.1) is 0 Å². The predicted octanol–water partition coefficient (Wildman–Crippen LogP) is 6.68. The number of rotatable bonds is 3. The Morgan fingerprint density at radius 3 is 2.57 bits per heavy atom. The summed E-state index contributed by atoms with van der Waals surface area (Å²) >= 11 is 2.27. The minimum Gasteiger partial charge on any atom is -0.506 e. The van der Waals surface area contributed by atoms with Crippen LogP contribution in [0.1, 0.15) is 21.9 Å². The van der Waals surface area contributed by atoms with Crippen molar-refractivity contribution >= 4 is 60.9 Å². The van der Waals surface area contributed by atoms with Crippen LogP contribution in [0.25, 0.3) is 26.9 Å². The standard InChI is InChI=1S/C31H20O4S2/c32-26-22-16-14-18-8-4-6-10-20(18)28(22)36-30(34)24(26)12-2-1-3-13-25-27(33)23-17-15-19-9-5-7-11-21(19)29(23)37-31(25)35/h1-14,16-17,29,32H,15H2. The van der Waals surface area contributed by atoms with E-state index in [0.717, 1.165) is 37.9 Å². The Labute approximate surface area is 221 Å². The molecule has 2 aliphatic rings. The average molecular weight is 521 g/mol. The van der Waals surface area contributed by atoms with E-state index in [1.54, 1.807) is 24.3 Å². The van der Waals surface area contributed by atoms with E-state index in [1.807, 2.05) is 66.7 Å². The summed E-state index contributed by atoms with van der Waals surface area (Å²) in [7, 11) is 0. The normalized spacial score (nSPS) is 18.6. The van der Waals surface area contributed by atoms with Crippen molar-refractivity contribution in [1.82, 2.24) is 0 Å². The van der Waals surface area contributed by atoms with Crippen LogP contribution in [0.4, 0.5) is 0 Å². The Kier molecular flexibility index (Phi) is 5.99. The van der Waals surface area contributed by atoms with Gasteiger partial charge in [-0.15, -0.1) is 0 Å². The Morgan fingerprint density at radius 2 is 1.68 bits per heavy atom. The van der Waals surface area contributed by atoms with E-state index in [4.69, 9.17) is 0 Å². The first kappa shape index (κ1) is 23.4. The van der Waals surface area contributed by atoms with Gasteiger partial charge in [0.05, 0.1) is 16.4 Å². The predicted molar refractivity (Wildman–Crippen MR) is 152 cm³/mol. The highest BCUT2D eigenvalue weighted by molar-refractivity contribution is 8.14. The Hall–Kier alpha value is -4.00. The average Bonchev–Trinajstić information content (AvgIpc) is 2.91. The number of carbonyl (C=O) groups is 2. The molecular weight excluding hydrogens is 500 g/mol. The molecule has 2 heterocycles. The second kappa shape index (κ2) is 9.47. The van der Waals surface area contributed by atoms with Gasteiger partial charge in [0.2, 0.25) is 9.86 Å². The van der Waals surface area contributed by atoms with E-state index in [0.29, 0.717) is 17.4 Å². The summed E-state index contributed by atoms with van der Waals surface area (Å²) in [5.74, 6) is -0.294. The van der Waals surface area contributed by atoms with Crippen molar-refractivity contribution in [3.8, 4) is 5.75 Å². The van der Waals surface area contributed by atoms with E-state index in [9.17, 15) is 19.5 Å². The number of aromatic hydroxyl groups is 1. The summed E-state index contributed by atoms with van der Waals surface area (Å²) in [6, 6.07) is 19.4. The quantitative estimate of drug-likeness (QED) is 0.141. The van der Waals surface area contributed by atoms with Crippen molar-refractivity contribution in [2.45, 2.75) is 11.7 Å². The number of carbonyl (C=O) groups excluding carboxylic acids is 2. The number of ketones is 1. The van der Waals surface area contributed by atoms with Gasteiger partial charge in [0.25, 0.3) is 0 Å². The fraction of sp³-hybridized carbons (Fsp3) is 0.0645. The molecule has 0 radical (unpaired) electrons. The second-order valence-electron chi connectivity index (χ2n) is 8.82. The lowest BCUT2D eigenvalue weighted by Crippen LogP contribution is -2.26. The molecule has 1 saturated heterocycles. The number of hydrogen-bond acceptors (Lipinski definition) is 6. The molecule has 37 heavy (non-hydrogen) atoms. The molecule has 0 bridgehead atoms. The van der Waals surface area contributed by atoms with Gasteiger partial charge in [-0.3, -0.25) is 14.4 Å². The van der Waals surface area contributed by atoms with Crippen LogP contribution in [0.5, 0.6) is 5.75 Å². The first-order chi connectivity index (χ1) is 18.0. The van der Waals surface area contributed by atoms with Gasteiger partial charge in [0.1, 0.15) is 5.75 Å². The van der Waals surface area contributed by atoms with Crippen LogP contribution in [-0.4, -0.2) is 16.0 Å². The fourth-order valence-corrected chi connectivity index (χ4v) is 7.03. The molecule has 0 saturated carbocycles. The van der Waals surface area contributed by atoms with Crippen molar-refractivity contribution in [2.24, 2.45) is 0 Å². The van der Waals surface area contributed by atoms with Crippen molar-refractivity contribution in [1.29, 1.82) is 0 Å². The number of benzene rings is 3. The molecule has 1 atom stereocenters. The van der Waals surface area contributed by atoms with Crippen molar-refractivity contribution in [3.63, 3.8) is 0 Å². The second-order valence-corrected chi connectivity index (χ2v) is 10.9. The number of fused-ring (bicyclic) bond motifs is 6. The molecule has 0 amide bonds. The van der Waals surface area contributed by atoms with Crippen LogP contribution >= 0.6 is 23.1 Å². The maximum Gasteiger partial charge on any atom is 0.243 e. The molecule has 1 fully saturated rings. The Bertz CT molecular complexity index is 1800.